The van der Waals surface area contributed by atoms with Crippen molar-refractivity contribution >= 4 is 11.8 Å². The average Bonchev–Trinajstić information content (AvgIpc) is 2.52. The topological polar surface area (TPSA) is 73.3 Å². The number of benzene rings is 1. The zero-order valence-corrected chi connectivity index (χ0v) is 11.3. The number of anilines is 1. The van der Waals surface area contributed by atoms with Crippen molar-refractivity contribution in [2.24, 2.45) is 0 Å². The number of esters is 1. The standard InChI is InChI=1S/C14H15N3O3/c1-19-11-5-3-4-10(8-11)9-16-12-6-7-15-13(17-12)14(18)20-2/h3-8H,9H2,1-2H3,(H,15,16,17). The molecule has 0 fully saturated rings. The van der Waals surface area contributed by atoms with E-state index in [9.17, 15) is 4.79 Å². The number of carbonyl (C=O) groups is 1. The molecule has 1 aromatic heterocycles. The molecule has 2 rings (SSSR count). The molecule has 1 aromatic carbocycles. The van der Waals surface area contributed by atoms with E-state index in [2.05, 4.69) is 20.0 Å². The summed E-state index contributed by atoms with van der Waals surface area (Å²) in [4.78, 5) is 19.3. The molecule has 1 heterocycles. The van der Waals surface area contributed by atoms with Crippen LogP contribution in [0.2, 0.25) is 0 Å². The summed E-state index contributed by atoms with van der Waals surface area (Å²) in [6.45, 7) is 0.564. The van der Waals surface area contributed by atoms with Gasteiger partial charge in [-0.3, -0.25) is 0 Å². The minimum absolute atomic E-state index is 0.0307. The second-order valence-corrected chi connectivity index (χ2v) is 3.96. The summed E-state index contributed by atoms with van der Waals surface area (Å²) in [7, 11) is 2.92. The lowest BCUT2D eigenvalue weighted by Crippen LogP contribution is -2.09. The van der Waals surface area contributed by atoms with Gasteiger partial charge >= 0.3 is 5.97 Å². The molecule has 20 heavy (non-hydrogen) atoms. The fourth-order valence-electron chi connectivity index (χ4n) is 1.62. The van der Waals surface area contributed by atoms with Gasteiger partial charge < -0.3 is 14.8 Å². The van der Waals surface area contributed by atoms with Crippen LogP contribution in [-0.4, -0.2) is 30.2 Å². The van der Waals surface area contributed by atoms with Gasteiger partial charge in [0.15, 0.2) is 0 Å². The van der Waals surface area contributed by atoms with Crippen molar-refractivity contribution in [3.63, 3.8) is 0 Å². The Labute approximate surface area is 116 Å². The zero-order chi connectivity index (χ0) is 14.4. The first kappa shape index (κ1) is 13.8. The normalized spacial score (nSPS) is 9.90. The SMILES string of the molecule is COC(=O)c1nccc(NCc2cccc(OC)c2)n1. The van der Waals surface area contributed by atoms with Gasteiger partial charge in [-0.25, -0.2) is 14.8 Å². The second-order valence-electron chi connectivity index (χ2n) is 3.96. The average molecular weight is 273 g/mol. The number of aromatic nitrogens is 2. The third kappa shape index (κ3) is 3.44. The predicted molar refractivity (Wildman–Crippen MR) is 73.7 cm³/mol. The number of nitrogens with one attached hydrogen (secondary N) is 1. The van der Waals surface area contributed by atoms with Crippen LogP contribution >= 0.6 is 0 Å². The summed E-state index contributed by atoms with van der Waals surface area (Å²) in [5, 5.41) is 3.12. The fourth-order valence-corrected chi connectivity index (χ4v) is 1.62. The molecule has 6 nitrogen and oxygen atoms in total. The summed E-state index contributed by atoms with van der Waals surface area (Å²) >= 11 is 0. The molecule has 0 unspecified atom stereocenters. The molecule has 0 atom stereocenters. The number of ether oxygens (including phenoxy) is 2. The Bertz CT molecular complexity index is 602. The summed E-state index contributed by atoms with van der Waals surface area (Å²) in [6.07, 6.45) is 1.51. The predicted octanol–water partition coefficient (Wildman–Crippen LogP) is 1.88. The van der Waals surface area contributed by atoms with E-state index in [4.69, 9.17) is 4.74 Å². The van der Waals surface area contributed by atoms with Crippen LogP contribution < -0.4 is 10.1 Å². The van der Waals surface area contributed by atoms with Gasteiger partial charge in [0.1, 0.15) is 11.6 Å². The summed E-state index contributed by atoms with van der Waals surface area (Å²) in [5.41, 5.74) is 1.04. The Balaban J connectivity index is 2.05. The third-order valence-electron chi connectivity index (χ3n) is 2.63. The number of carbonyl (C=O) groups excluding carboxylic acids is 1. The van der Waals surface area contributed by atoms with Crippen molar-refractivity contribution in [2.75, 3.05) is 19.5 Å². The Morgan fingerprint density at radius 3 is 2.90 bits per heavy atom. The van der Waals surface area contributed by atoms with Gasteiger partial charge in [0.2, 0.25) is 5.82 Å². The molecule has 0 bridgehead atoms. The summed E-state index contributed by atoms with van der Waals surface area (Å²) < 4.78 is 9.73. The molecule has 1 N–H and O–H groups in total. The highest BCUT2D eigenvalue weighted by molar-refractivity contribution is 5.85. The molecule has 0 saturated heterocycles. The minimum atomic E-state index is -0.560. The van der Waals surface area contributed by atoms with E-state index in [-0.39, 0.29) is 5.82 Å². The van der Waals surface area contributed by atoms with Crippen LogP contribution in [0.25, 0.3) is 0 Å². The maximum Gasteiger partial charge on any atom is 0.376 e. The van der Waals surface area contributed by atoms with E-state index in [0.717, 1.165) is 11.3 Å². The molecule has 0 spiro atoms. The van der Waals surface area contributed by atoms with Crippen LogP contribution in [0.3, 0.4) is 0 Å². The van der Waals surface area contributed by atoms with Crippen LogP contribution in [0.4, 0.5) is 5.82 Å². The lowest BCUT2D eigenvalue weighted by Gasteiger charge is -2.07. The number of hydrogen-bond acceptors (Lipinski definition) is 6. The van der Waals surface area contributed by atoms with Gasteiger partial charge in [-0.1, -0.05) is 12.1 Å². The molecule has 104 valence electrons. The Hall–Kier alpha value is -2.63. The fraction of sp³-hybridized carbons (Fsp3) is 0.214. The number of hydrogen-bond donors (Lipinski definition) is 1. The molecule has 2 aromatic rings. The molecule has 0 saturated carbocycles. The molecule has 0 radical (unpaired) electrons. The van der Waals surface area contributed by atoms with Crippen LogP contribution in [0.15, 0.2) is 36.5 Å². The van der Waals surface area contributed by atoms with Crippen LogP contribution in [0, 0.1) is 0 Å². The number of nitrogens with zero attached hydrogens (tertiary/aromatic N) is 2. The third-order valence-corrected chi connectivity index (χ3v) is 2.63. The lowest BCUT2D eigenvalue weighted by atomic mass is 10.2. The Kier molecular flexibility index (Phi) is 4.49. The smallest absolute Gasteiger partial charge is 0.376 e. The summed E-state index contributed by atoms with van der Waals surface area (Å²) in [5.74, 6) is 0.823. The first-order valence-electron chi connectivity index (χ1n) is 6.01. The largest absolute Gasteiger partial charge is 0.497 e. The molecule has 0 aliphatic heterocycles. The molecule has 0 aliphatic rings. The number of rotatable bonds is 5. The van der Waals surface area contributed by atoms with Crippen LogP contribution in [0.1, 0.15) is 16.2 Å². The van der Waals surface area contributed by atoms with Gasteiger partial charge in [-0.15, -0.1) is 0 Å². The van der Waals surface area contributed by atoms with Gasteiger partial charge in [-0.2, -0.15) is 0 Å². The first-order chi connectivity index (χ1) is 9.72. The van der Waals surface area contributed by atoms with E-state index < -0.39 is 5.97 Å². The molecular weight excluding hydrogens is 258 g/mol. The maximum absolute atomic E-state index is 11.3. The van der Waals surface area contributed by atoms with E-state index in [1.54, 1.807) is 13.2 Å². The van der Waals surface area contributed by atoms with Crippen molar-refractivity contribution in [3.8, 4) is 5.75 Å². The van der Waals surface area contributed by atoms with Crippen LogP contribution in [0.5, 0.6) is 5.75 Å². The Morgan fingerprint density at radius 2 is 2.15 bits per heavy atom. The van der Waals surface area contributed by atoms with Crippen molar-refractivity contribution in [1.29, 1.82) is 0 Å². The minimum Gasteiger partial charge on any atom is -0.497 e. The Morgan fingerprint density at radius 1 is 1.30 bits per heavy atom. The van der Waals surface area contributed by atoms with Gasteiger partial charge in [0.25, 0.3) is 0 Å². The highest BCUT2D eigenvalue weighted by Crippen LogP contribution is 2.13. The van der Waals surface area contributed by atoms with Crippen molar-refractivity contribution < 1.29 is 14.3 Å². The first-order valence-corrected chi connectivity index (χ1v) is 6.01. The second kappa shape index (κ2) is 6.51. The van der Waals surface area contributed by atoms with E-state index >= 15 is 0 Å². The summed E-state index contributed by atoms with van der Waals surface area (Å²) in [6, 6.07) is 9.37. The highest BCUT2D eigenvalue weighted by Gasteiger charge is 2.09. The van der Waals surface area contributed by atoms with Crippen molar-refractivity contribution in [2.45, 2.75) is 6.54 Å². The van der Waals surface area contributed by atoms with Crippen LogP contribution in [-0.2, 0) is 11.3 Å². The lowest BCUT2D eigenvalue weighted by molar-refractivity contribution is 0.0587. The van der Waals surface area contributed by atoms with Crippen molar-refractivity contribution in [1.82, 2.24) is 9.97 Å². The molecule has 6 heteroatoms. The zero-order valence-electron chi connectivity index (χ0n) is 11.3. The number of methoxy groups -OCH3 is 2. The van der Waals surface area contributed by atoms with E-state index in [1.807, 2.05) is 24.3 Å². The van der Waals surface area contributed by atoms with E-state index in [0.29, 0.717) is 12.4 Å². The highest BCUT2D eigenvalue weighted by atomic mass is 16.5. The van der Waals surface area contributed by atoms with Crippen molar-refractivity contribution in [3.05, 3.63) is 47.9 Å². The van der Waals surface area contributed by atoms with Gasteiger partial charge in [0, 0.05) is 12.7 Å². The maximum atomic E-state index is 11.3. The van der Waals surface area contributed by atoms with Gasteiger partial charge in [-0.05, 0) is 23.8 Å². The molecular formula is C14H15N3O3. The van der Waals surface area contributed by atoms with E-state index in [1.165, 1.54) is 13.3 Å². The monoisotopic (exact) mass is 273 g/mol. The molecule has 0 amide bonds. The van der Waals surface area contributed by atoms with Gasteiger partial charge in [0.05, 0.1) is 14.2 Å². The molecule has 0 aliphatic carbocycles. The quantitative estimate of drug-likeness (QED) is 0.838.